The van der Waals surface area contributed by atoms with E-state index in [0.717, 1.165) is 19.2 Å². The lowest BCUT2D eigenvalue weighted by Crippen LogP contribution is -2.50. The quantitative estimate of drug-likeness (QED) is 0.803. The zero-order chi connectivity index (χ0) is 19.1. The Balaban J connectivity index is 1.61. The van der Waals surface area contributed by atoms with Gasteiger partial charge in [0.15, 0.2) is 5.69 Å². The van der Waals surface area contributed by atoms with Gasteiger partial charge in [0, 0.05) is 18.8 Å². The maximum absolute atomic E-state index is 12.6. The van der Waals surface area contributed by atoms with Gasteiger partial charge in [-0.3, -0.25) is 9.88 Å². The summed E-state index contributed by atoms with van der Waals surface area (Å²) >= 11 is 0. The normalized spacial score (nSPS) is 27.9. The van der Waals surface area contributed by atoms with Crippen LogP contribution in [0.25, 0.3) is 0 Å². The third-order valence-corrected chi connectivity index (χ3v) is 5.03. The van der Waals surface area contributed by atoms with Crippen molar-refractivity contribution >= 4 is 0 Å². The van der Waals surface area contributed by atoms with Gasteiger partial charge in [0.05, 0.1) is 17.5 Å². The van der Waals surface area contributed by atoms with Crippen LogP contribution in [-0.2, 0) is 17.3 Å². The molecule has 2 heterocycles. The average Bonchev–Trinajstić information content (AvgIpc) is 3.28. The number of aliphatic hydroxyl groups excluding tert-OH is 1. The summed E-state index contributed by atoms with van der Waals surface area (Å²) in [6.45, 7) is 6.48. The van der Waals surface area contributed by atoms with E-state index in [1.165, 1.54) is 12.6 Å². The maximum Gasteiger partial charge on any atom is 0.434 e. The number of halogens is 3. The van der Waals surface area contributed by atoms with Gasteiger partial charge < -0.3 is 9.84 Å². The van der Waals surface area contributed by atoms with E-state index in [4.69, 9.17) is 4.74 Å². The number of fused-ring (bicyclic) bond motifs is 1. The molecule has 146 valence electrons. The van der Waals surface area contributed by atoms with Crippen molar-refractivity contribution in [1.29, 1.82) is 0 Å². The molecule has 1 aliphatic carbocycles. The van der Waals surface area contributed by atoms with Crippen LogP contribution in [0.3, 0.4) is 0 Å². The van der Waals surface area contributed by atoms with Crippen molar-refractivity contribution in [3.8, 4) is 0 Å². The molecule has 5 nitrogen and oxygen atoms in total. The first-order valence-electron chi connectivity index (χ1n) is 9.02. The molecule has 0 amide bonds. The number of nitrogens with zero attached hydrogens (tertiary/aromatic N) is 3. The van der Waals surface area contributed by atoms with E-state index in [2.05, 4.69) is 9.97 Å². The van der Waals surface area contributed by atoms with Gasteiger partial charge in [0.25, 0.3) is 0 Å². The van der Waals surface area contributed by atoms with Gasteiger partial charge >= 0.3 is 6.18 Å². The van der Waals surface area contributed by atoms with Gasteiger partial charge in [-0.1, -0.05) is 0 Å². The second-order valence-electron chi connectivity index (χ2n) is 8.33. The maximum atomic E-state index is 12.6. The van der Waals surface area contributed by atoms with Crippen molar-refractivity contribution in [3.63, 3.8) is 0 Å². The Kier molecular flexibility index (Phi) is 5.29. The van der Waals surface area contributed by atoms with Gasteiger partial charge in [-0.05, 0) is 58.3 Å². The van der Waals surface area contributed by atoms with Crippen LogP contribution in [0.1, 0.15) is 51.4 Å². The number of piperidine rings is 1. The Bertz CT molecular complexity index is 616. The van der Waals surface area contributed by atoms with E-state index in [1.54, 1.807) is 0 Å². The molecular weight excluding hydrogens is 347 g/mol. The van der Waals surface area contributed by atoms with Crippen LogP contribution in [-0.4, -0.2) is 44.6 Å². The molecule has 4 unspecified atom stereocenters. The highest BCUT2D eigenvalue weighted by Crippen LogP contribution is 2.48. The highest BCUT2D eigenvalue weighted by atomic mass is 19.4. The smallest absolute Gasteiger partial charge is 0.356 e. The molecule has 4 atom stereocenters. The number of aliphatic hydroxyl groups is 1. The number of hydrogen-bond acceptors (Lipinski definition) is 5. The Labute approximate surface area is 151 Å². The average molecular weight is 373 g/mol. The van der Waals surface area contributed by atoms with Gasteiger partial charge in [-0.25, -0.2) is 4.98 Å². The zero-order valence-corrected chi connectivity index (χ0v) is 15.3. The van der Waals surface area contributed by atoms with Crippen LogP contribution < -0.4 is 0 Å². The van der Waals surface area contributed by atoms with Crippen molar-refractivity contribution in [3.05, 3.63) is 23.8 Å². The minimum absolute atomic E-state index is 0.125. The second kappa shape index (κ2) is 7.05. The summed E-state index contributed by atoms with van der Waals surface area (Å²) < 4.78 is 43.4. The van der Waals surface area contributed by atoms with Gasteiger partial charge in [-0.15, -0.1) is 0 Å². The van der Waals surface area contributed by atoms with Crippen LogP contribution in [0.4, 0.5) is 13.2 Å². The van der Waals surface area contributed by atoms with E-state index in [-0.39, 0.29) is 6.04 Å². The SMILES string of the molecule is CC(C)(C)OC(O)N1CC2CC2CC1CCc1cnc(C(F)(F)F)cn1. The summed E-state index contributed by atoms with van der Waals surface area (Å²) in [6, 6.07) is 0.125. The summed E-state index contributed by atoms with van der Waals surface area (Å²) in [5.41, 5.74) is -0.902. The van der Waals surface area contributed by atoms with Crippen LogP contribution in [0, 0.1) is 11.8 Å². The minimum atomic E-state index is -4.47. The van der Waals surface area contributed by atoms with Crippen molar-refractivity contribution in [2.75, 3.05) is 6.54 Å². The summed E-state index contributed by atoms with van der Waals surface area (Å²) in [5, 5.41) is 10.5. The summed E-state index contributed by atoms with van der Waals surface area (Å²) in [5.74, 6) is 1.31. The second-order valence-corrected chi connectivity index (χ2v) is 8.33. The minimum Gasteiger partial charge on any atom is -0.356 e. The first-order valence-corrected chi connectivity index (χ1v) is 9.02. The Morgan fingerprint density at radius 2 is 1.92 bits per heavy atom. The molecule has 0 spiro atoms. The molecule has 1 aromatic rings. The van der Waals surface area contributed by atoms with Gasteiger partial charge in [0.1, 0.15) is 0 Å². The van der Waals surface area contributed by atoms with Crippen LogP contribution >= 0.6 is 0 Å². The van der Waals surface area contributed by atoms with Gasteiger partial charge in [0.2, 0.25) is 6.41 Å². The molecule has 0 bridgehead atoms. The molecule has 26 heavy (non-hydrogen) atoms. The topological polar surface area (TPSA) is 58.5 Å². The third kappa shape index (κ3) is 4.92. The summed E-state index contributed by atoms with van der Waals surface area (Å²) in [7, 11) is 0. The van der Waals surface area contributed by atoms with Crippen molar-refractivity contribution in [2.45, 2.75) is 70.7 Å². The Morgan fingerprint density at radius 1 is 1.19 bits per heavy atom. The summed E-state index contributed by atoms with van der Waals surface area (Å²) in [4.78, 5) is 9.34. The number of ether oxygens (including phenoxy) is 1. The predicted octanol–water partition coefficient (Wildman–Crippen LogP) is 3.23. The molecule has 1 N–H and O–H groups in total. The Hall–Kier alpha value is -1.25. The summed E-state index contributed by atoms with van der Waals surface area (Å²) in [6.07, 6.45) is -0.0971. The number of aryl methyl sites for hydroxylation is 1. The fourth-order valence-electron chi connectivity index (χ4n) is 3.61. The highest BCUT2D eigenvalue weighted by Gasteiger charge is 2.47. The number of likely N-dealkylation sites (tertiary alicyclic amines) is 1. The molecule has 1 aromatic heterocycles. The lowest BCUT2D eigenvalue weighted by molar-refractivity contribution is -0.253. The van der Waals surface area contributed by atoms with Crippen molar-refractivity contribution in [1.82, 2.24) is 14.9 Å². The molecule has 1 aliphatic heterocycles. The highest BCUT2D eigenvalue weighted by molar-refractivity contribution is 5.06. The van der Waals surface area contributed by atoms with E-state index in [1.807, 2.05) is 25.7 Å². The van der Waals surface area contributed by atoms with E-state index in [0.29, 0.717) is 30.4 Å². The van der Waals surface area contributed by atoms with Gasteiger partial charge in [-0.2, -0.15) is 13.2 Å². The predicted molar refractivity (Wildman–Crippen MR) is 88.9 cm³/mol. The molecule has 3 rings (SSSR count). The Morgan fingerprint density at radius 3 is 2.50 bits per heavy atom. The van der Waals surface area contributed by atoms with Crippen molar-refractivity contribution in [2.24, 2.45) is 11.8 Å². The van der Waals surface area contributed by atoms with E-state index in [9.17, 15) is 18.3 Å². The van der Waals surface area contributed by atoms with Crippen LogP contribution in [0.2, 0.25) is 0 Å². The number of aromatic nitrogens is 2. The number of alkyl halides is 3. The fraction of sp³-hybridized carbons (Fsp3) is 0.778. The lowest BCUT2D eigenvalue weighted by atomic mass is 9.97. The van der Waals surface area contributed by atoms with Crippen molar-refractivity contribution < 1.29 is 23.0 Å². The van der Waals surface area contributed by atoms with E-state index < -0.39 is 23.9 Å². The molecule has 0 radical (unpaired) electrons. The molecular formula is C18H26F3N3O2. The molecule has 1 saturated heterocycles. The molecule has 2 fully saturated rings. The number of hydrogen-bond donors (Lipinski definition) is 1. The number of rotatable bonds is 5. The molecule has 2 aliphatic rings. The lowest BCUT2D eigenvalue weighted by Gasteiger charge is -2.40. The molecule has 1 saturated carbocycles. The van der Waals surface area contributed by atoms with Crippen LogP contribution in [0.15, 0.2) is 12.4 Å². The third-order valence-electron chi connectivity index (χ3n) is 5.03. The first-order chi connectivity index (χ1) is 12.0. The molecule has 8 heteroatoms. The molecule has 0 aromatic carbocycles. The zero-order valence-electron chi connectivity index (χ0n) is 15.3. The largest absolute Gasteiger partial charge is 0.434 e. The van der Waals surface area contributed by atoms with E-state index >= 15 is 0 Å². The monoisotopic (exact) mass is 373 g/mol. The standard InChI is InChI=1S/C18H26F3N3O2/c1-17(2,3)26-16(25)24-10-12-6-11(12)7-14(24)5-4-13-8-23-15(9-22-13)18(19,20)21/h8-9,11-12,14,16,25H,4-7,10H2,1-3H3. The fourth-order valence-corrected chi connectivity index (χ4v) is 3.61. The van der Waals surface area contributed by atoms with Crippen LogP contribution in [0.5, 0.6) is 0 Å². The first kappa shape index (κ1) is 19.5.